The zero-order chi connectivity index (χ0) is 28.4. The van der Waals surface area contributed by atoms with Gasteiger partial charge >= 0.3 is 0 Å². The van der Waals surface area contributed by atoms with Crippen LogP contribution < -0.4 is 15.1 Å². The number of allylic oxidation sites excluding steroid dienone is 3. The van der Waals surface area contributed by atoms with Crippen LogP contribution in [0.1, 0.15) is 17.4 Å². The number of imidazole rings is 1. The van der Waals surface area contributed by atoms with Crippen LogP contribution in [0.4, 0.5) is 17.3 Å². The Balaban J connectivity index is 1.15. The van der Waals surface area contributed by atoms with E-state index in [2.05, 4.69) is 32.0 Å². The van der Waals surface area contributed by atoms with Crippen LogP contribution in [0.5, 0.6) is 0 Å². The molecule has 13 heteroatoms. The van der Waals surface area contributed by atoms with Gasteiger partial charge in [-0.15, -0.1) is 0 Å². The fourth-order valence-electron chi connectivity index (χ4n) is 5.24. The number of piperazine rings is 1. The SMILES string of the molecule is CC1C=C(Cl)C=CC1C(O)N1CCN(c2ccc(NC(=O)Cn3cnc4c3C(=O)N(C)COCN4C)nc2)CC1. The summed E-state index contributed by atoms with van der Waals surface area (Å²) in [5.74, 6) is 0.474. The molecule has 5 rings (SSSR count). The Labute approximate surface area is 238 Å². The topological polar surface area (TPSA) is 119 Å². The first-order chi connectivity index (χ1) is 19.2. The maximum atomic E-state index is 12.9. The zero-order valence-corrected chi connectivity index (χ0v) is 23.7. The van der Waals surface area contributed by atoms with Crippen LogP contribution in [-0.4, -0.2) is 101 Å². The maximum absolute atomic E-state index is 12.9. The number of anilines is 3. The van der Waals surface area contributed by atoms with E-state index in [0.717, 1.165) is 31.9 Å². The number of aliphatic hydroxyl groups is 1. The van der Waals surface area contributed by atoms with Crippen molar-refractivity contribution in [2.45, 2.75) is 19.7 Å². The molecule has 4 heterocycles. The van der Waals surface area contributed by atoms with Crippen molar-refractivity contribution in [2.24, 2.45) is 11.8 Å². The molecule has 0 aromatic carbocycles. The smallest absolute Gasteiger partial charge is 0.275 e. The van der Waals surface area contributed by atoms with E-state index in [1.165, 1.54) is 11.2 Å². The third kappa shape index (κ3) is 5.99. The molecule has 3 aliphatic rings. The van der Waals surface area contributed by atoms with E-state index in [9.17, 15) is 14.7 Å². The second-order valence-corrected chi connectivity index (χ2v) is 10.9. The highest BCUT2D eigenvalue weighted by atomic mass is 35.5. The number of hydrogen-bond donors (Lipinski definition) is 2. The first-order valence-electron chi connectivity index (χ1n) is 13.3. The highest BCUT2D eigenvalue weighted by Gasteiger charge is 2.31. The lowest BCUT2D eigenvalue weighted by Gasteiger charge is -2.41. The van der Waals surface area contributed by atoms with Gasteiger partial charge < -0.3 is 34.4 Å². The molecule has 214 valence electrons. The molecule has 12 nitrogen and oxygen atoms in total. The molecule has 0 radical (unpaired) electrons. The van der Waals surface area contributed by atoms with Gasteiger partial charge in [0, 0.05) is 51.2 Å². The van der Waals surface area contributed by atoms with Gasteiger partial charge in [0.2, 0.25) is 5.91 Å². The van der Waals surface area contributed by atoms with Gasteiger partial charge in [-0.2, -0.15) is 0 Å². The predicted molar refractivity (Wildman–Crippen MR) is 152 cm³/mol. The first-order valence-corrected chi connectivity index (χ1v) is 13.7. The fraction of sp³-hybridized carbons (Fsp3) is 0.481. The number of amides is 2. The molecular formula is C27H35ClN8O4. The lowest BCUT2D eigenvalue weighted by Crippen LogP contribution is -2.53. The van der Waals surface area contributed by atoms with Gasteiger partial charge in [0.05, 0.1) is 18.2 Å². The third-order valence-corrected chi connectivity index (χ3v) is 7.79. The first kappa shape index (κ1) is 28.1. The third-order valence-electron chi connectivity index (χ3n) is 7.53. The van der Waals surface area contributed by atoms with E-state index < -0.39 is 6.23 Å². The number of carbonyl (C=O) groups excluding carboxylic acids is 2. The summed E-state index contributed by atoms with van der Waals surface area (Å²) >= 11 is 6.10. The average Bonchev–Trinajstić information content (AvgIpc) is 3.35. The van der Waals surface area contributed by atoms with Gasteiger partial charge in [-0.25, -0.2) is 9.97 Å². The number of rotatable bonds is 6. The monoisotopic (exact) mass is 570 g/mol. The van der Waals surface area contributed by atoms with Crippen LogP contribution in [0.2, 0.25) is 0 Å². The number of pyridine rings is 1. The molecule has 2 amide bonds. The number of fused-ring (bicyclic) bond motifs is 1. The minimum absolute atomic E-state index is 0.00865. The summed E-state index contributed by atoms with van der Waals surface area (Å²) < 4.78 is 7.01. The maximum Gasteiger partial charge on any atom is 0.275 e. The van der Waals surface area contributed by atoms with E-state index in [4.69, 9.17) is 16.3 Å². The lowest BCUT2D eigenvalue weighted by molar-refractivity contribution is -0.116. The highest BCUT2D eigenvalue weighted by molar-refractivity contribution is 6.31. The van der Waals surface area contributed by atoms with Gasteiger partial charge in [-0.05, 0) is 24.1 Å². The molecule has 2 N–H and O–H groups in total. The van der Waals surface area contributed by atoms with Crippen LogP contribution in [-0.2, 0) is 16.1 Å². The zero-order valence-electron chi connectivity index (χ0n) is 22.9. The molecule has 0 bridgehead atoms. The number of aliphatic hydroxyl groups excluding tert-OH is 1. The Morgan fingerprint density at radius 1 is 1.18 bits per heavy atom. The average molecular weight is 571 g/mol. The molecule has 1 aliphatic carbocycles. The van der Waals surface area contributed by atoms with Crippen molar-refractivity contribution in [2.75, 3.05) is 68.9 Å². The van der Waals surface area contributed by atoms with Crippen molar-refractivity contribution >= 4 is 40.7 Å². The van der Waals surface area contributed by atoms with Gasteiger partial charge in [0.25, 0.3) is 5.91 Å². The van der Waals surface area contributed by atoms with Crippen LogP contribution in [0.25, 0.3) is 0 Å². The number of aromatic nitrogens is 3. The predicted octanol–water partition coefficient (Wildman–Crippen LogP) is 1.76. The van der Waals surface area contributed by atoms with Crippen LogP contribution >= 0.6 is 11.6 Å². The number of ether oxygens (including phenoxy) is 1. The molecule has 40 heavy (non-hydrogen) atoms. The molecule has 3 atom stereocenters. The van der Waals surface area contributed by atoms with E-state index >= 15 is 0 Å². The largest absolute Gasteiger partial charge is 0.378 e. The summed E-state index contributed by atoms with van der Waals surface area (Å²) in [5.41, 5.74) is 1.29. The Hall–Kier alpha value is -3.45. The quantitative estimate of drug-likeness (QED) is 0.535. The van der Waals surface area contributed by atoms with Gasteiger partial charge in [0.1, 0.15) is 32.1 Å². The molecular weight excluding hydrogens is 536 g/mol. The molecule has 1 saturated heterocycles. The summed E-state index contributed by atoms with van der Waals surface area (Å²) in [7, 11) is 3.43. The Morgan fingerprint density at radius 2 is 1.93 bits per heavy atom. The normalized spacial score (nSPS) is 22.9. The molecule has 1 fully saturated rings. The molecule has 2 aromatic rings. The number of carbonyl (C=O) groups is 2. The summed E-state index contributed by atoms with van der Waals surface area (Å²) in [6.07, 6.45) is 8.49. The number of hydrogen-bond acceptors (Lipinski definition) is 9. The van der Waals surface area contributed by atoms with Gasteiger partial charge in [0.15, 0.2) is 11.5 Å². The summed E-state index contributed by atoms with van der Waals surface area (Å²) in [6.45, 7) is 5.36. The standard InChI is InChI=1S/C27H35ClN8O4/c1-18-12-19(28)4-6-21(18)26(38)35-10-8-34(9-11-35)20-5-7-22(29-13-20)31-23(37)14-36-15-30-25-24(36)27(39)33(3)17-40-16-32(25)2/h4-7,12-13,15,18,21,26,38H,8-11,14,16-17H2,1-3H3,(H,29,31,37). The molecule has 0 saturated carbocycles. The van der Waals surface area contributed by atoms with E-state index in [1.54, 1.807) is 35.8 Å². The molecule has 3 unspecified atom stereocenters. The van der Waals surface area contributed by atoms with Crippen LogP contribution in [0.3, 0.4) is 0 Å². The second kappa shape index (κ2) is 12.0. The summed E-state index contributed by atoms with van der Waals surface area (Å²) in [5, 5.41) is 14.5. The van der Waals surface area contributed by atoms with E-state index in [0.29, 0.717) is 22.4 Å². The minimum atomic E-state index is -0.565. The molecule has 0 spiro atoms. The molecule has 2 aliphatic heterocycles. The Morgan fingerprint density at radius 3 is 2.62 bits per heavy atom. The van der Waals surface area contributed by atoms with Crippen LogP contribution in [0.15, 0.2) is 47.9 Å². The Bertz CT molecular complexity index is 1290. The van der Waals surface area contributed by atoms with Crippen molar-refractivity contribution < 1.29 is 19.4 Å². The van der Waals surface area contributed by atoms with Crippen molar-refractivity contribution in [3.05, 3.63) is 53.6 Å². The van der Waals surface area contributed by atoms with E-state index in [-0.39, 0.29) is 43.7 Å². The number of nitrogens with zero attached hydrogens (tertiary/aromatic N) is 7. The summed E-state index contributed by atoms with van der Waals surface area (Å²) in [4.78, 5) is 42.0. The number of halogens is 1. The van der Waals surface area contributed by atoms with Crippen molar-refractivity contribution in [1.29, 1.82) is 0 Å². The van der Waals surface area contributed by atoms with Crippen molar-refractivity contribution in [3.8, 4) is 0 Å². The lowest BCUT2D eigenvalue weighted by atomic mass is 9.87. The van der Waals surface area contributed by atoms with E-state index in [1.807, 2.05) is 24.3 Å². The van der Waals surface area contributed by atoms with Crippen LogP contribution in [0, 0.1) is 11.8 Å². The molecule has 2 aromatic heterocycles. The number of nitrogens with one attached hydrogen (secondary N) is 1. The Kier molecular flexibility index (Phi) is 8.40. The summed E-state index contributed by atoms with van der Waals surface area (Å²) in [6, 6.07) is 3.69. The van der Waals surface area contributed by atoms with Gasteiger partial charge in [-0.1, -0.05) is 30.7 Å². The highest BCUT2D eigenvalue weighted by Crippen LogP contribution is 2.29. The van der Waals surface area contributed by atoms with Crippen molar-refractivity contribution in [3.63, 3.8) is 0 Å². The fourth-order valence-corrected chi connectivity index (χ4v) is 5.52. The van der Waals surface area contributed by atoms with Gasteiger partial charge in [-0.3, -0.25) is 14.5 Å². The second-order valence-electron chi connectivity index (χ2n) is 10.4. The van der Waals surface area contributed by atoms with Crippen molar-refractivity contribution in [1.82, 2.24) is 24.3 Å². The minimum Gasteiger partial charge on any atom is -0.378 e.